The molecule has 0 spiro atoms. The number of nitrogens with zero attached hydrogens (tertiary/aromatic N) is 2. The summed E-state index contributed by atoms with van der Waals surface area (Å²) < 4.78 is 40.6. The number of benzene rings is 2. The van der Waals surface area contributed by atoms with E-state index in [4.69, 9.17) is 0 Å². The van der Waals surface area contributed by atoms with Gasteiger partial charge in [-0.3, -0.25) is 24.5 Å². The summed E-state index contributed by atoms with van der Waals surface area (Å²) in [5, 5.41) is 2.22. The third kappa shape index (κ3) is 3.46. The summed E-state index contributed by atoms with van der Waals surface area (Å²) in [6, 6.07) is 7.46. The number of carbonyl (C=O) groups is 4. The van der Waals surface area contributed by atoms with E-state index in [0.29, 0.717) is 23.1 Å². The Morgan fingerprint density at radius 1 is 1.03 bits per heavy atom. The number of fused-ring (bicyclic) bond motifs is 2. The second-order valence-corrected chi connectivity index (χ2v) is 8.29. The molecule has 3 heterocycles. The average molecular weight is 457 g/mol. The van der Waals surface area contributed by atoms with Crippen molar-refractivity contribution < 1.29 is 32.3 Å². The summed E-state index contributed by atoms with van der Waals surface area (Å²) in [5.74, 6) is -1.90. The van der Waals surface area contributed by atoms with E-state index in [-0.39, 0.29) is 43.1 Å². The van der Waals surface area contributed by atoms with Gasteiger partial charge in [-0.1, -0.05) is 12.1 Å². The summed E-state index contributed by atoms with van der Waals surface area (Å²) in [4.78, 5) is 52.1. The lowest BCUT2D eigenvalue weighted by Crippen LogP contribution is -2.52. The number of imide groups is 1. The molecular formula is C23H18F3N3O4. The fraction of sp³-hybridized carbons (Fsp3) is 0.304. The maximum absolute atomic E-state index is 13.5. The first-order chi connectivity index (χ1) is 15.6. The highest BCUT2D eigenvalue weighted by Crippen LogP contribution is 2.42. The summed E-state index contributed by atoms with van der Waals surface area (Å²) >= 11 is 0. The molecule has 0 bridgehead atoms. The minimum Gasteiger partial charge on any atom is -0.322 e. The highest BCUT2D eigenvalue weighted by Gasteiger charge is 2.41. The van der Waals surface area contributed by atoms with E-state index in [1.54, 1.807) is 6.07 Å². The van der Waals surface area contributed by atoms with Crippen LogP contribution in [0.25, 0.3) is 0 Å². The van der Waals surface area contributed by atoms with Crippen molar-refractivity contribution in [3.63, 3.8) is 0 Å². The van der Waals surface area contributed by atoms with E-state index in [2.05, 4.69) is 5.32 Å². The van der Waals surface area contributed by atoms with Gasteiger partial charge in [0.2, 0.25) is 11.8 Å². The number of amides is 4. The van der Waals surface area contributed by atoms with Gasteiger partial charge >= 0.3 is 6.18 Å². The fourth-order valence-corrected chi connectivity index (χ4v) is 4.75. The molecule has 3 aliphatic heterocycles. The number of hydrogen-bond acceptors (Lipinski definition) is 4. The number of rotatable bonds is 2. The molecule has 0 radical (unpaired) electrons. The number of hydrogen-bond donors (Lipinski definition) is 1. The standard InChI is InChI=1S/C23H18F3N3O4/c24-23(25,26)16-3-1-2-12-8-9-28(19(12)16)21(32)13-4-5-15-14(10-13)11-29(22(15)33)17-6-7-18(30)27-20(17)31/h1-5,10,17H,6-9,11H2,(H,27,30,31). The SMILES string of the molecule is O=C1CCC(N2Cc3cc(C(=O)N4CCc5cccc(C(F)(F)F)c54)ccc3C2=O)C(=O)N1. The predicted molar refractivity (Wildman–Crippen MR) is 109 cm³/mol. The first-order valence-corrected chi connectivity index (χ1v) is 10.4. The van der Waals surface area contributed by atoms with Gasteiger partial charge in [-0.05, 0) is 48.2 Å². The quantitative estimate of drug-likeness (QED) is 0.703. The second-order valence-electron chi connectivity index (χ2n) is 8.29. The van der Waals surface area contributed by atoms with E-state index >= 15 is 0 Å². The third-order valence-electron chi connectivity index (χ3n) is 6.32. The Balaban J connectivity index is 1.43. The van der Waals surface area contributed by atoms with Crippen molar-refractivity contribution in [1.82, 2.24) is 10.2 Å². The summed E-state index contributed by atoms with van der Waals surface area (Å²) in [7, 11) is 0. The van der Waals surface area contributed by atoms with Crippen LogP contribution >= 0.6 is 0 Å². The van der Waals surface area contributed by atoms with Gasteiger partial charge in [0, 0.05) is 30.6 Å². The van der Waals surface area contributed by atoms with Gasteiger partial charge in [0.25, 0.3) is 11.8 Å². The maximum Gasteiger partial charge on any atom is 0.418 e. The Morgan fingerprint density at radius 3 is 2.55 bits per heavy atom. The molecule has 3 aliphatic rings. The van der Waals surface area contributed by atoms with Crippen LogP contribution in [0.1, 0.15) is 50.2 Å². The number of carbonyl (C=O) groups excluding carboxylic acids is 4. The molecule has 2 aromatic rings. The largest absolute Gasteiger partial charge is 0.418 e. The lowest BCUT2D eigenvalue weighted by Gasteiger charge is -2.29. The van der Waals surface area contributed by atoms with Crippen LogP contribution in [0.2, 0.25) is 0 Å². The maximum atomic E-state index is 13.5. The minimum absolute atomic E-state index is 0.0753. The first-order valence-electron chi connectivity index (χ1n) is 10.4. The van der Waals surface area contributed by atoms with Crippen LogP contribution in [0.15, 0.2) is 36.4 Å². The molecule has 0 aromatic heterocycles. The number of anilines is 1. The Bertz CT molecular complexity index is 1220. The molecule has 1 N–H and O–H groups in total. The molecule has 7 nitrogen and oxygen atoms in total. The van der Waals surface area contributed by atoms with E-state index in [1.165, 1.54) is 29.2 Å². The number of alkyl halides is 3. The van der Waals surface area contributed by atoms with Crippen molar-refractivity contribution in [2.24, 2.45) is 0 Å². The molecule has 2 aromatic carbocycles. The van der Waals surface area contributed by atoms with Crippen molar-refractivity contribution in [1.29, 1.82) is 0 Å². The van der Waals surface area contributed by atoms with Crippen LogP contribution in [0.5, 0.6) is 0 Å². The van der Waals surface area contributed by atoms with Crippen molar-refractivity contribution in [3.8, 4) is 0 Å². The Hall–Kier alpha value is -3.69. The number of para-hydroxylation sites is 1. The normalized spacial score (nSPS) is 20.1. The zero-order chi connectivity index (χ0) is 23.5. The molecular weight excluding hydrogens is 439 g/mol. The molecule has 10 heteroatoms. The molecule has 1 atom stereocenters. The van der Waals surface area contributed by atoms with Crippen LogP contribution in [-0.2, 0) is 28.7 Å². The van der Waals surface area contributed by atoms with Crippen LogP contribution in [0.3, 0.4) is 0 Å². The van der Waals surface area contributed by atoms with E-state index in [0.717, 1.165) is 11.0 Å². The molecule has 170 valence electrons. The first kappa shape index (κ1) is 21.2. The van der Waals surface area contributed by atoms with Crippen LogP contribution in [0.4, 0.5) is 18.9 Å². The summed E-state index contributed by atoms with van der Waals surface area (Å²) in [6.07, 6.45) is -3.95. The average Bonchev–Trinajstić information content (AvgIpc) is 3.33. The Labute approximate surface area is 186 Å². The molecule has 33 heavy (non-hydrogen) atoms. The van der Waals surface area contributed by atoms with Gasteiger partial charge in [-0.2, -0.15) is 13.2 Å². The molecule has 0 saturated carbocycles. The number of nitrogens with one attached hydrogen (secondary N) is 1. The van der Waals surface area contributed by atoms with Gasteiger partial charge in [0.05, 0.1) is 11.3 Å². The third-order valence-corrected chi connectivity index (χ3v) is 6.32. The lowest BCUT2D eigenvalue weighted by atomic mass is 10.0. The van der Waals surface area contributed by atoms with Crippen molar-refractivity contribution in [2.45, 2.75) is 38.0 Å². The van der Waals surface area contributed by atoms with E-state index in [9.17, 15) is 32.3 Å². The van der Waals surface area contributed by atoms with Crippen molar-refractivity contribution in [3.05, 3.63) is 64.2 Å². The molecule has 1 saturated heterocycles. The predicted octanol–water partition coefficient (Wildman–Crippen LogP) is 2.67. The van der Waals surface area contributed by atoms with Crippen molar-refractivity contribution >= 4 is 29.3 Å². The van der Waals surface area contributed by atoms with Crippen LogP contribution < -0.4 is 10.2 Å². The molecule has 1 fully saturated rings. The highest BCUT2D eigenvalue weighted by molar-refractivity contribution is 6.10. The zero-order valence-corrected chi connectivity index (χ0v) is 17.2. The fourth-order valence-electron chi connectivity index (χ4n) is 4.75. The van der Waals surface area contributed by atoms with Gasteiger partial charge < -0.3 is 9.80 Å². The lowest BCUT2D eigenvalue weighted by molar-refractivity contribution is -0.138. The Kier molecular flexibility index (Phi) is 4.77. The van der Waals surface area contributed by atoms with Gasteiger partial charge in [-0.25, -0.2) is 0 Å². The molecule has 5 rings (SSSR count). The Morgan fingerprint density at radius 2 is 1.82 bits per heavy atom. The summed E-state index contributed by atoms with van der Waals surface area (Å²) in [6.45, 7) is 0.200. The topological polar surface area (TPSA) is 86.8 Å². The van der Waals surface area contributed by atoms with Gasteiger partial charge in [0.15, 0.2) is 0 Å². The highest BCUT2D eigenvalue weighted by atomic mass is 19.4. The number of piperidine rings is 1. The molecule has 4 amide bonds. The van der Waals surface area contributed by atoms with E-state index in [1.807, 2.05) is 0 Å². The second kappa shape index (κ2) is 7.43. The van der Waals surface area contributed by atoms with Crippen molar-refractivity contribution in [2.75, 3.05) is 11.4 Å². The monoisotopic (exact) mass is 457 g/mol. The molecule has 0 aliphatic carbocycles. The minimum atomic E-state index is -4.60. The van der Waals surface area contributed by atoms with Crippen LogP contribution in [-0.4, -0.2) is 41.1 Å². The number of halogens is 3. The van der Waals surface area contributed by atoms with Gasteiger partial charge in [-0.15, -0.1) is 0 Å². The zero-order valence-electron chi connectivity index (χ0n) is 17.2. The smallest absolute Gasteiger partial charge is 0.322 e. The van der Waals surface area contributed by atoms with E-state index < -0.39 is 35.5 Å². The van der Waals surface area contributed by atoms with Crippen LogP contribution in [0, 0.1) is 0 Å². The van der Waals surface area contributed by atoms with Gasteiger partial charge in [0.1, 0.15) is 6.04 Å². The summed E-state index contributed by atoms with van der Waals surface area (Å²) in [5.41, 5.74) is 0.478. The molecule has 1 unspecified atom stereocenters.